The Hall–Kier alpha value is -1.47. The smallest absolute Gasteiger partial charge is 0.245 e. The highest BCUT2D eigenvalue weighted by Gasteiger charge is 2.31. The molecule has 1 aliphatic heterocycles. The van der Waals surface area contributed by atoms with Crippen molar-refractivity contribution in [1.29, 1.82) is 0 Å². The van der Waals surface area contributed by atoms with Crippen LogP contribution in [0.3, 0.4) is 0 Å². The summed E-state index contributed by atoms with van der Waals surface area (Å²) in [5, 5.41) is 5.17. The minimum Gasteiger partial charge on any atom is -0.340 e. The molecule has 2 heterocycles. The number of piperazine rings is 1. The van der Waals surface area contributed by atoms with E-state index in [0.717, 1.165) is 0 Å². The molecule has 0 spiro atoms. The van der Waals surface area contributed by atoms with Gasteiger partial charge in [0.05, 0.1) is 0 Å². The molecule has 0 aromatic carbocycles. The minimum absolute atomic E-state index is 0.00940. The first-order chi connectivity index (χ1) is 8.58. The molecule has 6 nitrogen and oxygen atoms in total. The molecule has 1 aromatic rings. The lowest BCUT2D eigenvalue weighted by molar-refractivity contribution is -0.134. The summed E-state index contributed by atoms with van der Waals surface area (Å²) in [6.07, 6.45) is 1.65. The standard InChI is InChI=1S/C11H16N4O2S/c1-8(16)15-5-4-14(2)9(7-15)10(17)13-11-12-3-6-18-11/h3,6,9H,4-5,7H2,1-2H3,(H,12,13,17). The van der Waals surface area contributed by atoms with Crippen LogP contribution in [0.1, 0.15) is 6.92 Å². The summed E-state index contributed by atoms with van der Waals surface area (Å²) >= 11 is 1.38. The number of aromatic nitrogens is 1. The van der Waals surface area contributed by atoms with Gasteiger partial charge in [0.1, 0.15) is 6.04 Å². The first-order valence-electron chi connectivity index (χ1n) is 5.74. The van der Waals surface area contributed by atoms with Crippen LogP contribution >= 0.6 is 11.3 Å². The van der Waals surface area contributed by atoms with Crippen molar-refractivity contribution in [2.75, 3.05) is 32.0 Å². The highest BCUT2D eigenvalue weighted by molar-refractivity contribution is 7.13. The van der Waals surface area contributed by atoms with Crippen molar-refractivity contribution in [2.24, 2.45) is 0 Å². The van der Waals surface area contributed by atoms with Crippen molar-refractivity contribution in [1.82, 2.24) is 14.8 Å². The maximum Gasteiger partial charge on any atom is 0.245 e. The van der Waals surface area contributed by atoms with Gasteiger partial charge in [-0.15, -0.1) is 11.3 Å². The largest absolute Gasteiger partial charge is 0.340 e. The van der Waals surface area contributed by atoms with E-state index < -0.39 is 0 Å². The van der Waals surface area contributed by atoms with E-state index in [0.29, 0.717) is 24.8 Å². The number of nitrogens with one attached hydrogen (secondary N) is 1. The number of rotatable bonds is 2. The molecule has 7 heteroatoms. The van der Waals surface area contributed by atoms with Crippen molar-refractivity contribution in [3.05, 3.63) is 11.6 Å². The molecule has 1 N–H and O–H groups in total. The topological polar surface area (TPSA) is 65.5 Å². The van der Waals surface area contributed by atoms with Crippen LogP contribution in [0.15, 0.2) is 11.6 Å². The maximum absolute atomic E-state index is 12.1. The van der Waals surface area contributed by atoms with Gasteiger partial charge >= 0.3 is 0 Å². The van der Waals surface area contributed by atoms with E-state index in [4.69, 9.17) is 0 Å². The zero-order valence-electron chi connectivity index (χ0n) is 10.4. The molecule has 1 fully saturated rings. The van der Waals surface area contributed by atoms with Crippen LogP contribution in [0.5, 0.6) is 0 Å². The van der Waals surface area contributed by atoms with Crippen LogP contribution in [0.25, 0.3) is 0 Å². The third kappa shape index (κ3) is 2.85. The van der Waals surface area contributed by atoms with Gasteiger partial charge in [0, 0.05) is 38.1 Å². The Balaban J connectivity index is 2.01. The molecule has 0 saturated carbocycles. The minimum atomic E-state index is -0.313. The van der Waals surface area contributed by atoms with E-state index in [2.05, 4.69) is 10.3 Å². The van der Waals surface area contributed by atoms with Gasteiger partial charge in [-0.2, -0.15) is 0 Å². The summed E-state index contributed by atoms with van der Waals surface area (Å²) in [6, 6.07) is -0.313. The van der Waals surface area contributed by atoms with Gasteiger partial charge in [0.15, 0.2) is 5.13 Å². The van der Waals surface area contributed by atoms with Gasteiger partial charge in [-0.25, -0.2) is 4.98 Å². The SMILES string of the molecule is CC(=O)N1CCN(C)C(C(=O)Nc2nccs2)C1. The van der Waals surface area contributed by atoms with Crippen LogP contribution in [0.2, 0.25) is 0 Å². The average Bonchev–Trinajstić information content (AvgIpc) is 2.81. The number of anilines is 1. The zero-order valence-corrected chi connectivity index (χ0v) is 11.2. The molecule has 1 aliphatic rings. The molecule has 18 heavy (non-hydrogen) atoms. The molecule has 1 saturated heterocycles. The number of hydrogen-bond acceptors (Lipinski definition) is 5. The van der Waals surface area contributed by atoms with Gasteiger partial charge < -0.3 is 10.2 Å². The van der Waals surface area contributed by atoms with E-state index in [9.17, 15) is 9.59 Å². The summed E-state index contributed by atoms with van der Waals surface area (Å²) < 4.78 is 0. The van der Waals surface area contributed by atoms with Crippen molar-refractivity contribution in [3.63, 3.8) is 0 Å². The van der Waals surface area contributed by atoms with E-state index in [-0.39, 0.29) is 17.9 Å². The normalized spacial score (nSPS) is 20.8. The quantitative estimate of drug-likeness (QED) is 0.834. The Bertz CT molecular complexity index is 434. The first kappa shape index (κ1) is 13.0. The third-order valence-corrected chi connectivity index (χ3v) is 3.75. The highest BCUT2D eigenvalue weighted by Crippen LogP contribution is 2.14. The van der Waals surface area contributed by atoms with Crippen molar-refractivity contribution in [2.45, 2.75) is 13.0 Å². The predicted octanol–water partition coefficient (Wildman–Crippen LogP) is 0.244. The molecule has 0 radical (unpaired) electrons. The molecule has 1 aromatic heterocycles. The van der Waals surface area contributed by atoms with E-state index in [1.807, 2.05) is 17.3 Å². The third-order valence-electron chi connectivity index (χ3n) is 3.06. The van der Waals surface area contributed by atoms with Crippen molar-refractivity contribution < 1.29 is 9.59 Å². The number of carbonyl (C=O) groups excluding carboxylic acids is 2. The van der Waals surface area contributed by atoms with Crippen LogP contribution in [0.4, 0.5) is 5.13 Å². The lowest BCUT2D eigenvalue weighted by Gasteiger charge is -2.37. The van der Waals surface area contributed by atoms with Crippen LogP contribution in [0, 0.1) is 0 Å². The summed E-state index contributed by atoms with van der Waals surface area (Å²) in [5.74, 6) is -0.103. The molecule has 98 valence electrons. The van der Waals surface area contributed by atoms with Crippen LogP contribution in [-0.2, 0) is 9.59 Å². The second-order valence-corrected chi connectivity index (χ2v) is 5.18. The van der Waals surface area contributed by atoms with Crippen molar-refractivity contribution >= 4 is 28.3 Å². The number of carbonyl (C=O) groups is 2. The Labute approximate surface area is 110 Å². The Morgan fingerprint density at radius 2 is 2.28 bits per heavy atom. The average molecular weight is 268 g/mol. The first-order valence-corrected chi connectivity index (χ1v) is 6.62. The second-order valence-electron chi connectivity index (χ2n) is 4.29. The summed E-state index contributed by atoms with van der Waals surface area (Å²) in [6.45, 7) is 3.34. The van der Waals surface area contributed by atoms with Crippen LogP contribution in [-0.4, -0.2) is 59.3 Å². The maximum atomic E-state index is 12.1. The Morgan fingerprint density at radius 3 is 2.89 bits per heavy atom. The molecule has 0 aliphatic carbocycles. The Kier molecular flexibility index (Phi) is 3.93. The fraction of sp³-hybridized carbons (Fsp3) is 0.545. The fourth-order valence-corrected chi connectivity index (χ4v) is 2.45. The fourth-order valence-electron chi connectivity index (χ4n) is 1.92. The summed E-state index contributed by atoms with van der Waals surface area (Å²) in [7, 11) is 1.89. The van der Waals surface area contributed by atoms with Gasteiger partial charge in [-0.05, 0) is 7.05 Å². The van der Waals surface area contributed by atoms with Crippen LogP contribution < -0.4 is 5.32 Å². The molecule has 2 rings (SSSR count). The van der Waals surface area contributed by atoms with E-state index in [1.165, 1.54) is 18.3 Å². The number of nitrogens with zero attached hydrogens (tertiary/aromatic N) is 3. The summed E-state index contributed by atoms with van der Waals surface area (Å²) in [4.78, 5) is 31.2. The van der Waals surface area contributed by atoms with Gasteiger partial charge in [-0.1, -0.05) is 0 Å². The lowest BCUT2D eigenvalue weighted by Crippen LogP contribution is -2.57. The monoisotopic (exact) mass is 268 g/mol. The summed E-state index contributed by atoms with van der Waals surface area (Å²) in [5.41, 5.74) is 0. The van der Waals surface area contributed by atoms with E-state index in [1.54, 1.807) is 11.1 Å². The number of thiazole rings is 1. The molecule has 2 amide bonds. The molecule has 1 atom stereocenters. The Morgan fingerprint density at radius 1 is 1.50 bits per heavy atom. The van der Waals surface area contributed by atoms with Crippen molar-refractivity contribution in [3.8, 4) is 0 Å². The molecule has 0 bridgehead atoms. The number of likely N-dealkylation sites (N-methyl/N-ethyl adjacent to an activating group) is 1. The molecular formula is C11H16N4O2S. The number of hydrogen-bond donors (Lipinski definition) is 1. The predicted molar refractivity (Wildman–Crippen MR) is 69.4 cm³/mol. The molecular weight excluding hydrogens is 252 g/mol. The van der Waals surface area contributed by atoms with Gasteiger partial charge in [0.2, 0.25) is 11.8 Å². The zero-order chi connectivity index (χ0) is 13.1. The lowest BCUT2D eigenvalue weighted by atomic mass is 10.1. The van der Waals surface area contributed by atoms with Gasteiger partial charge in [0.25, 0.3) is 0 Å². The highest BCUT2D eigenvalue weighted by atomic mass is 32.1. The van der Waals surface area contributed by atoms with E-state index >= 15 is 0 Å². The van der Waals surface area contributed by atoms with Gasteiger partial charge in [-0.3, -0.25) is 14.5 Å². The number of amides is 2. The molecule has 1 unspecified atom stereocenters. The second kappa shape index (κ2) is 5.45.